The van der Waals surface area contributed by atoms with Crippen molar-refractivity contribution in [2.24, 2.45) is 5.92 Å². The number of nitrogens with zero attached hydrogens (tertiary/aromatic N) is 2. The van der Waals surface area contributed by atoms with E-state index >= 15 is 0 Å². The smallest absolute Gasteiger partial charge is 0.263 e. The van der Waals surface area contributed by atoms with Crippen molar-refractivity contribution in [3.05, 3.63) is 45.1 Å². The summed E-state index contributed by atoms with van der Waals surface area (Å²) in [6, 6.07) is 1.83. The number of anilines is 1. The maximum atomic E-state index is 12.9. The number of rotatable bonds is 4. The Morgan fingerprint density at radius 3 is 2.67 bits per heavy atom. The summed E-state index contributed by atoms with van der Waals surface area (Å²) in [5, 5.41) is 13.1. The molecular formula is C18H27Cl2N5O2. The first-order valence-electron chi connectivity index (χ1n) is 8.71. The fourth-order valence-electron chi connectivity index (χ4n) is 3.35. The van der Waals surface area contributed by atoms with E-state index in [4.69, 9.17) is 0 Å². The van der Waals surface area contributed by atoms with E-state index in [1.54, 1.807) is 17.7 Å². The lowest BCUT2D eigenvalue weighted by Gasteiger charge is -2.23. The van der Waals surface area contributed by atoms with Gasteiger partial charge in [-0.25, -0.2) is 0 Å². The molecular weight excluding hydrogens is 389 g/mol. The van der Waals surface area contributed by atoms with Gasteiger partial charge in [0.1, 0.15) is 5.56 Å². The van der Waals surface area contributed by atoms with Crippen LogP contribution in [-0.4, -0.2) is 33.8 Å². The minimum atomic E-state index is -0.383. The van der Waals surface area contributed by atoms with Gasteiger partial charge in [-0.2, -0.15) is 5.10 Å². The molecule has 2 aromatic rings. The van der Waals surface area contributed by atoms with Crippen LogP contribution in [0.4, 0.5) is 5.69 Å². The Morgan fingerprint density at radius 2 is 2.07 bits per heavy atom. The van der Waals surface area contributed by atoms with Crippen LogP contribution in [0.5, 0.6) is 0 Å². The third-order valence-corrected chi connectivity index (χ3v) is 4.82. The molecule has 150 valence electrons. The Labute approximate surface area is 171 Å². The fraction of sp³-hybridized carbons (Fsp3) is 0.500. The number of aromatic nitrogens is 3. The van der Waals surface area contributed by atoms with Crippen LogP contribution in [-0.2, 0) is 6.54 Å². The monoisotopic (exact) mass is 415 g/mol. The number of pyridine rings is 1. The van der Waals surface area contributed by atoms with Gasteiger partial charge in [0.05, 0.1) is 17.1 Å². The van der Waals surface area contributed by atoms with Crippen LogP contribution in [0.3, 0.4) is 0 Å². The largest absolute Gasteiger partial charge is 0.319 e. The Balaban J connectivity index is 0.00000182. The topological polar surface area (TPSA) is 91.8 Å². The molecule has 0 spiro atoms. The molecule has 0 aliphatic carbocycles. The quantitative estimate of drug-likeness (QED) is 0.715. The highest BCUT2D eigenvalue weighted by Crippen LogP contribution is 2.18. The van der Waals surface area contributed by atoms with Crippen LogP contribution in [0.1, 0.15) is 40.2 Å². The molecule has 0 saturated carbocycles. The number of carbonyl (C=O) groups excluding carboxylic acids is 1. The molecule has 1 saturated heterocycles. The zero-order chi connectivity index (χ0) is 18.0. The number of hydrogen-bond donors (Lipinski definition) is 3. The second-order valence-corrected chi connectivity index (χ2v) is 6.81. The first kappa shape index (κ1) is 23.2. The van der Waals surface area contributed by atoms with Gasteiger partial charge in [-0.3, -0.25) is 14.7 Å². The van der Waals surface area contributed by atoms with Crippen molar-refractivity contribution in [3.8, 4) is 0 Å². The van der Waals surface area contributed by atoms with E-state index < -0.39 is 0 Å². The highest BCUT2D eigenvalue weighted by atomic mass is 35.5. The molecule has 1 unspecified atom stereocenters. The number of hydrogen-bond acceptors (Lipinski definition) is 4. The lowest BCUT2D eigenvalue weighted by Crippen LogP contribution is -2.36. The second-order valence-electron chi connectivity index (χ2n) is 6.81. The van der Waals surface area contributed by atoms with Crippen molar-refractivity contribution in [3.63, 3.8) is 0 Å². The third kappa shape index (κ3) is 5.12. The molecule has 3 rings (SSSR count). The number of aryl methyl sites for hydroxylation is 3. The van der Waals surface area contributed by atoms with E-state index in [1.807, 2.05) is 19.9 Å². The lowest BCUT2D eigenvalue weighted by molar-refractivity contribution is 0.102. The van der Waals surface area contributed by atoms with Gasteiger partial charge in [-0.1, -0.05) is 0 Å². The van der Waals surface area contributed by atoms with Gasteiger partial charge in [-0.15, -0.1) is 24.8 Å². The predicted molar refractivity (Wildman–Crippen MR) is 112 cm³/mol. The van der Waals surface area contributed by atoms with E-state index in [0.717, 1.165) is 31.6 Å². The van der Waals surface area contributed by atoms with Gasteiger partial charge >= 0.3 is 0 Å². The molecule has 9 heteroatoms. The Kier molecular flexibility index (Phi) is 8.53. The highest BCUT2D eigenvalue weighted by molar-refractivity contribution is 6.05. The molecule has 1 amide bonds. The van der Waals surface area contributed by atoms with Gasteiger partial charge in [0, 0.05) is 12.7 Å². The Bertz CT molecular complexity index is 821. The minimum Gasteiger partial charge on any atom is -0.319 e. The highest BCUT2D eigenvalue weighted by Gasteiger charge is 2.20. The first-order valence-corrected chi connectivity index (χ1v) is 8.71. The van der Waals surface area contributed by atoms with Gasteiger partial charge in [0.15, 0.2) is 0 Å². The average molecular weight is 416 g/mol. The molecule has 0 aromatic carbocycles. The number of H-pyrrole nitrogens is 1. The van der Waals surface area contributed by atoms with Crippen LogP contribution >= 0.6 is 24.8 Å². The minimum absolute atomic E-state index is 0. The summed E-state index contributed by atoms with van der Waals surface area (Å²) in [7, 11) is 0. The zero-order valence-corrected chi connectivity index (χ0v) is 17.4. The van der Waals surface area contributed by atoms with E-state index in [9.17, 15) is 9.59 Å². The molecule has 0 radical (unpaired) electrons. The van der Waals surface area contributed by atoms with Gasteiger partial charge in [0.2, 0.25) is 0 Å². The molecule has 3 N–H and O–H groups in total. The van der Waals surface area contributed by atoms with E-state index in [2.05, 4.69) is 20.8 Å². The summed E-state index contributed by atoms with van der Waals surface area (Å²) >= 11 is 0. The predicted octanol–water partition coefficient (Wildman–Crippen LogP) is 2.59. The van der Waals surface area contributed by atoms with Crippen molar-refractivity contribution in [2.45, 2.75) is 40.2 Å². The summed E-state index contributed by atoms with van der Waals surface area (Å²) in [4.78, 5) is 25.6. The lowest BCUT2D eigenvalue weighted by atomic mass is 9.99. The molecule has 1 atom stereocenters. The molecule has 3 heterocycles. The van der Waals surface area contributed by atoms with E-state index in [-0.39, 0.29) is 41.8 Å². The summed E-state index contributed by atoms with van der Waals surface area (Å²) in [5.41, 5.74) is 2.75. The van der Waals surface area contributed by atoms with Crippen molar-refractivity contribution >= 4 is 36.4 Å². The van der Waals surface area contributed by atoms with E-state index in [1.165, 1.54) is 0 Å². The van der Waals surface area contributed by atoms with Crippen molar-refractivity contribution < 1.29 is 4.79 Å². The van der Waals surface area contributed by atoms with Crippen LogP contribution in [0.25, 0.3) is 0 Å². The Morgan fingerprint density at radius 1 is 1.33 bits per heavy atom. The van der Waals surface area contributed by atoms with Gasteiger partial charge in [0.25, 0.3) is 11.5 Å². The number of piperidine rings is 1. The van der Waals surface area contributed by atoms with Gasteiger partial charge < -0.3 is 15.2 Å². The van der Waals surface area contributed by atoms with Gasteiger partial charge in [-0.05, 0) is 64.3 Å². The number of amides is 1. The van der Waals surface area contributed by atoms with Crippen molar-refractivity contribution in [1.82, 2.24) is 20.1 Å². The van der Waals surface area contributed by atoms with Crippen LogP contribution in [0, 0.1) is 26.7 Å². The van der Waals surface area contributed by atoms with Crippen LogP contribution in [0.15, 0.2) is 17.1 Å². The molecule has 2 aromatic heterocycles. The molecule has 7 nitrogen and oxygen atoms in total. The first-order chi connectivity index (χ1) is 12.0. The second kappa shape index (κ2) is 9.92. The molecule has 1 aliphatic rings. The molecule has 1 aliphatic heterocycles. The molecule has 1 fully saturated rings. The van der Waals surface area contributed by atoms with Crippen LogP contribution < -0.4 is 16.2 Å². The SMILES string of the molecule is Cc1ccn(CC2CCCNC2)c(=O)c1C(=O)Nc1c(C)n[nH]c1C.Cl.Cl. The Hall–Kier alpha value is -1.83. The van der Waals surface area contributed by atoms with Crippen molar-refractivity contribution in [2.75, 3.05) is 18.4 Å². The summed E-state index contributed by atoms with van der Waals surface area (Å²) < 4.78 is 1.66. The summed E-state index contributed by atoms with van der Waals surface area (Å²) in [6.45, 7) is 8.02. The number of carbonyl (C=O) groups is 1. The average Bonchev–Trinajstić information content (AvgIpc) is 2.90. The third-order valence-electron chi connectivity index (χ3n) is 4.82. The molecule has 27 heavy (non-hydrogen) atoms. The standard InChI is InChI=1S/C18H25N5O2.2ClH/c1-11-6-8-23(10-14-5-4-7-19-9-14)18(25)15(11)17(24)20-16-12(2)21-22-13(16)3;;/h6,8,14,19H,4-5,7,9-10H2,1-3H3,(H,20,24)(H,21,22);2*1H. The van der Waals surface area contributed by atoms with Crippen LogP contribution in [0.2, 0.25) is 0 Å². The summed E-state index contributed by atoms with van der Waals surface area (Å²) in [5.74, 6) is 0.0367. The molecule has 0 bridgehead atoms. The number of halogens is 2. The maximum absolute atomic E-state index is 12.9. The maximum Gasteiger partial charge on any atom is 0.263 e. The number of aromatic amines is 1. The fourth-order valence-corrected chi connectivity index (χ4v) is 3.35. The number of nitrogens with one attached hydrogen (secondary N) is 3. The van der Waals surface area contributed by atoms with E-state index in [0.29, 0.717) is 29.4 Å². The normalized spacial score (nSPS) is 16.2. The summed E-state index contributed by atoms with van der Waals surface area (Å²) in [6.07, 6.45) is 4.01. The zero-order valence-electron chi connectivity index (χ0n) is 15.8. The van der Waals surface area contributed by atoms with Crippen molar-refractivity contribution in [1.29, 1.82) is 0 Å².